The molecule has 4 aromatic rings. The highest BCUT2D eigenvalue weighted by Crippen LogP contribution is 2.38. The van der Waals surface area contributed by atoms with Crippen LogP contribution in [0, 0.1) is 13.8 Å². The molecule has 1 aliphatic heterocycles. The number of aromatic nitrogens is 3. The van der Waals surface area contributed by atoms with Crippen molar-refractivity contribution >= 4 is 40.9 Å². The Hall–Kier alpha value is -3.75. The lowest BCUT2D eigenvalue weighted by molar-refractivity contribution is -0.113. The lowest BCUT2D eigenvalue weighted by Crippen LogP contribution is -2.31. The predicted molar refractivity (Wildman–Crippen MR) is 167 cm³/mol. The summed E-state index contributed by atoms with van der Waals surface area (Å²) in [5.41, 5.74) is 6.16. The summed E-state index contributed by atoms with van der Waals surface area (Å²) in [5, 5.41) is 12.6. The second-order valence-corrected chi connectivity index (χ2v) is 11.4. The molecule has 1 aromatic heterocycles. The van der Waals surface area contributed by atoms with Gasteiger partial charge in [-0.3, -0.25) is 4.79 Å². The maximum absolute atomic E-state index is 13.9. The number of ether oxygens (including phenoxy) is 1. The molecule has 41 heavy (non-hydrogen) atoms. The van der Waals surface area contributed by atoms with Crippen LogP contribution >= 0.6 is 23.4 Å². The fourth-order valence-electron chi connectivity index (χ4n) is 4.71. The van der Waals surface area contributed by atoms with Gasteiger partial charge in [-0.15, -0.1) is 5.10 Å². The van der Waals surface area contributed by atoms with Crippen LogP contribution in [0.3, 0.4) is 0 Å². The summed E-state index contributed by atoms with van der Waals surface area (Å²) in [6.07, 6.45) is 2.07. The van der Waals surface area contributed by atoms with Crippen LogP contribution < -0.4 is 15.4 Å². The molecule has 2 heterocycles. The molecule has 212 valence electrons. The monoisotopic (exact) mass is 587 g/mol. The quantitative estimate of drug-likeness (QED) is 0.145. The Morgan fingerprint density at radius 2 is 1.85 bits per heavy atom. The molecule has 1 amide bonds. The normalized spacial score (nSPS) is 14.4. The van der Waals surface area contributed by atoms with E-state index in [4.69, 9.17) is 26.4 Å². The summed E-state index contributed by atoms with van der Waals surface area (Å²) in [4.78, 5) is 18.7. The van der Waals surface area contributed by atoms with Gasteiger partial charge in [0.1, 0.15) is 11.8 Å². The fourth-order valence-corrected chi connectivity index (χ4v) is 5.82. The fraction of sp³-hybridized carbons (Fsp3) is 0.281. The van der Waals surface area contributed by atoms with E-state index < -0.39 is 6.04 Å². The maximum Gasteiger partial charge on any atom is 0.255 e. The van der Waals surface area contributed by atoms with E-state index in [-0.39, 0.29) is 5.91 Å². The number of anilines is 2. The van der Waals surface area contributed by atoms with Crippen LogP contribution in [0.4, 0.5) is 11.6 Å². The molecule has 9 heteroatoms. The van der Waals surface area contributed by atoms with Gasteiger partial charge in [-0.1, -0.05) is 79.2 Å². The maximum atomic E-state index is 13.9. The zero-order valence-corrected chi connectivity index (χ0v) is 25.3. The molecule has 0 radical (unpaired) electrons. The summed E-state index contributed by atoms with van der Waals surface area (Å²) < 4.78 is 7.69. The number of amides is 1. The number of unbranched alkanes of at least 4 members (excludes halogenated alkanes) is 1. The van der Waals surface area contributed by atoms with Gasteiger partial charge < -0.3 is 15.4 Å². The van der Waals surface area contributed by atoms with Crippen LogP contribution in [0.1, 0.15) is 55.0 Å². The van der Waals surface area contributed by atoms with Gasteiger partial charge >= 0.3 is 0 Å². The summed E-state index contributed by atoms with van der Waals surface area (Å²) in [5.74, 6) is 1.82. The molecule has 2 N–H and O–H groups in total. The number of nitrogens with one attached hydrogen (secondary N) is 2. The summed E-state index contributed by atoms with van der Waals surface area (Å²) in [6, 6.07) is 21.1. The molecular weight excluding hydrogens is 554 g/mol. The molecular formula is C32H34ClN5O2S. The highest BCUT2D eigenvalue weighted by Gasteiger charge is 2.34. The van der Waals surface area contributed by atoms with E-state index in [0.29, 0.717) is 34.1 Å². The van der Waals surface area contributed by atoms with Crippen molar-refractivity contribution in [2.45, 2.75) is 57.5 Å². The second-order valence-electron chi connectivity index (χ2n) is 10.1. The number of thioether (sulfide) groups is 1. The first-order valence-corrected chi connectivity index (χ1v) is 15.1. The number of hydrogen-bond donors (Lipinski definition) is 2. The molecule has 1 unspecified atom stereocenters. The zero-order valence-electron chi connectivity index (χ0n) is 23.7. The third kappa shape index (κ3) is 6.44. The largest absolute Gasteiger partial charge is 0.494 e. The van der Waals surface area contributed by atoms with E-state index >= 15 is 0 Å². The predicted octanol–water partition coefficient (Wildman–Crippen LogP) is 7.95. The first-order chi connectivity index (χ1) is 19.9. The molecule has 5 rings (SSSR count). The standard InChI is InChI=1S/C32H34ClN5O2S/c1-5-6-18-40-25-16-14-23(15-17-25)29-28(30(39)35-27-13-9-10-20(2)21(27)3)22(4)34-31-36-32(37-38(29)31)41-19-24-11-7-8-12-26(24)33/h7-17,29H,5-6,18-19H2,1-4H3,(H,35,39)(H,34,36,37). The van der Waals surface area contributed by atoms with Crippen LogP contribution in [0.25, 0.3) is 0 Å². The average molecular weight is 588 g/mol. The lowest BCUT2D eigenvalue weighted by Gasteiger charge is -2.29. The van der Waals surface area contributed by atoms with E-state index in [1.807, 2.05) is 87.5 Å². The van der Waals surface area contributed by atoms with Crippen molar-refractivity contribution in [1.29, 1.82) is 0 Å². The van der Waals surface area contributed by atoms with Crippen molar-refractivity contribution in [3.63, 3.8) is 0 Å². The van der Waals surface area contributed by atoms with Gasteiger partial charge in [0, 0.05) is 22.2 Å². The van der Waals surface area contributed by atoms with E-state index in [0.717, 1.165) is 52.2 Å². The van der Waals surface area contributed by atoms with E-state index in [2.05, 4.69) is 17.6 Å². The van der Waals surface area contributed by atoms with Gasteiger partial charge in [0.05, 0.1) is 12.2 Å². The zero-order chi connectivity index (χ0) is 28.9. The summed E-state index contributed by atoms with van der Waals surface area (Å²) in [6.45, 7) is 8.76. The number of carbonyl (C=O) groups excluding carboxylic acids is 1. The Labute approximate surface area is 250 Å². The van der Waals surface area contributed by atoms with Gasteiger partial charge in [-0.25, -0.2) is 4.68 Å². The first-order valence-electron chi connectivity index (χ1n) is 13.8. The number of aryl methyl sites for hydroxylation is 1. The minimum absolute atomic E-state index is 0.191. The third-order valence-corrected chi connectivity index (χ3v) is 8.46. The van der Waals surface area contributed by atoms with Crippen LogP contribution in [-0.2, 0) is 10.5 Å². The summed E-state index contributed by atoms with van der Waals surface area (Å²) in [7, 11) is 0. The molecule has 7 nitrogen and oxygen atoms in total. The van der Waals surface area contributed by atoms with E-state index in [1.165, 1.54) is 11.8 Å². The molecule has 0 fully saturated rings. The number of fused-ring (bicyclic) bond motifs is 1. The Morgan fingerprint density at radius 1 is 1.07 bits per heavy atom. The molecule has 1 aliphatic rings. The van der Waals surface area contributed by atoms with Crippen molar-refractivity contribution in [1.82, 2.24) is 14.8 Å². The van der Waals surface area contributed by atoms with Crippen molar-refractivity contribution in [3.05, 3.63) is 105 Å². The highest BCUT2D eigenvalue weighted by molar-refractivity contribution is 7.98. The third-order valence-electron chi connectivity index (χ3n) is 7.21. The molecule has 0 saturated heterocycles. The van der Waals surface area contributed by atoms with Gasteiger partial charge in [0.15, 0.2) is 0 Å². The minimum Gasteiger partial charge on any atom is -0.494 e. The molecule has 0 saturated carbocycles. The Bertz CT molecular complexity index is 1580. The van der Waals surface area contributed by atoms with Crippen molar-refractivity contribution in [2.24, 2.45) is 0 Å². The Balaban J connectivity index is 1.48. The van der Waals surface area contributed by atoms with Crippen molar-refractivity contribution in [2.75, 3.05) is 17.2 Å². The average Bonchev–Trinajstić information content (AvgIpc) is 3.37. The van der Waals surface area contributed by atoms with Gasteiger partial charge in [0.25, 0.3) is 5.91 Å². The minimum atomic E-state index is -0.483. The number of nitrogens with zero attached hydrogens (tertiary/aromatic N) is 3. The molecule has 0 aliphatic carbocycles. The number of carbonyl (C=O) groups is 1. The smallest absolute Gasteiger partial charge is 0.255 e. The van der Waals surface area contributed by atoms with Crippen LogP contribution in [-0.4, -0.2) is 27.3 Å². The SMILES string of the molecule is CCCCOc1ccc(C2C(C(=O)Nc3cccc(C)c3C)=C(C)Nc3nc(SCc4ccccc4Cl)nn32)cc1. The van der Waals surface area contributed by atoms with E-state index in [1.54, 1.807) is 4.68 Å². The number of halogens is 1. The Kier molecular flexibility index (Phi) is 9.00. The second kappa shape index (κ2) is 12.8. The number of rotatable bonds is 10. The number of hydrogen-bond acceptors (Lipinski definition) is 6. The summed E-state index contributed by atoms with van der Waals surface area (Å²) >= 11 is 7.88. The van der Waals surface area contributed by atoms with Crippen LogP contribution in [0.5, 0.6) is 5.75 Å². The topological polar surface area (TPSA) is 81.1 Å². The van der Waals surface area contributed by atoms with Gasteiger partial charge in [-0.05, 0) is 73.7 Å². The van der Waals surface area contributed by atoms with E-state index in [9.17, 15) is 4.79 Å². The number of benzene rings is 3. The number of allylic oxidation sites excluding steroid dienone is 1. The molecule has 3 aromatic carbocycles. The highest BCUT2D eigenvalue weighted by atomic mass is 35.5. The van der Waals surface area contributed by atoms with Gasteiger partial charge in [0.2, 0.25) is 11.1 Å². The van der Waals surface area contributed by atoms with Crippen molar-refractivity contribution < 1.29 is 9.53 Å². The van der Waals surface area contributed by atoms with Crippen LogP contribution in [0.2, 0.25) is 5.02 Å². The lowest BCUT2D eigenvalue weighted by atomic mass is 9.94. The van der Waals surface area contributed by atoms with Crippen LogP contribution in [0.15, 0.2) is 83.2 Å². The molecule has 1 atom stereocenters. The molecule has 0 spiro atoms. The first kappa shape index (κ1) is 28.8. The Morgan fingerprint density at radius 3 is 2.61 bits per heavy atom. The van der Waals surface area contributed by atoms with Crippen molar-refractivity contribution in [3.8, 4) is 5.75 Å². The van der Waals surface area contributed by atoms with Gasteiger partial charge in [-0.2, -0.15) is 4.98 Å². The molecule has 0 bridgehead atoms.